The van der Waals surface area contributed by atoms with Crippen LogP contribution in [0.5, 0.6) is 5.75 Å². The normalized spacial score (nSPS) is 12.2. The van der Waals surface area contributed by atoms with Crippen molar-refractivity contribution in [1.82, 2.24) is 14.7 Å². The third kappa shape index (κ3) is 5.40. The largest absolute Gasteiger partial charge is 0.479 e. The number of benzene rings is 1. The van der Waals surface area contributed by atoms with Gasteiger partial charge in [0.15, 0.2) is 6.10 Å². The Labute approximate surface area is 151 Å². The van der Waals surface area contributed by atoms with Crippen molar-refractivity contribution < 1.29 is 9.53 Å². The summed E-state index contributed by atoms with van der Waals surface area (Å²) in [6.45, 7) is 3.26. The minimum absolute atomic E-state index is 0.284. The van der Waals surface area contributed by atoms with E-state index in [-0.39, 0.29) is 5.91 Å². The number of rotatable bonds is 7. The Morgan fingerprint density at radius 1 is 1.42 bits per heavy atom. The molecule has 1 unspecified atom stereocenters. The Morgan fingerprint density at radius 2 is 2.17 bits per heavy atom. The maximum Gasteiger partial charge on any atom is 0.265 e. The van der Waals surface area contributed by atoms with Crippen LogP contribution in [0.4, 0.5) is 5.69 Å². The van der Waals surface area contributed by atoms with Gasteiger partial charge in [0.2, 0.25) is 0 Å². The van der Waals surface area contributed by atoms with E-state index in [2.05, 4.69) is 15.3 Å². The number of carbonyl (C=O) groups excluding carboxylic acids is 1. The summed E-state index contributed by atoms with van der Waals surface area (Å²) >= 11 is 11.9. The fourth-order valence-electron chi connectivity index (χ4n) is 1.91. The van der Waals surface area contributed by atoms with Gasteiger partial charge in [-0.3, -0.25) is 9.48 Å². The second-order valence-electron chi connectivity index (χ2n) is 5.62. The van der Waals surface area contributed by atoms with Crippen molar-refractivity contribution in [2.24, 2.45) is 0 Å². The number of amides is 1. The Hall–Kier alpha value is -1.76. The smallest absolute Gasteiger partial charge is 0.265 e. The van der Waals surface area contributed by atoms with Crippen molar-refractivity contribution in [3.05, 3.63) is 40.6 Å². The molecule has 0 saturated heterocycles. The molecule has 0 aliphatic heterocycles. The van der Waals surface area contributed by atoms with Crippen LogP contribution in [0.15, 0.2) is 30.6 Å². The Kier molecular flexibility index (Phi) is 6.48. The number of carbonyl (C=O) groups is 1. The lowest BCUT2D eigenvalue weighted by Gasteiger charge is -2.15. The molecule has 24 heavy (non-hydrogen) atoms. The van der Waals surface area contributed by atoms with Gasteiger partial charge in [-0.1, -0.05) is 23.2 Å². The first-order chi connectivity index (χ1) is 11.3. The number of hydrogen-bond donors (Lipinski definition) is 1. The van der Waals surface area contributed by atoms with E-state index in [1.165, 1.54) is 0 Å². The van der Waals surface area contributed by atoms with E-state index in [1.807, 2.05) is 14.1 Å². The molecule has 2 rings (SSSR count). The molecule has 0 aliphatic rings. The number of ether oxygens (including phenoxy) is 1. The van der Waals surface area contributed by atoms with Gasteiger partial charge in [0.05, 0.1) is 23.5 Å². The molecule has 0 aliphatic carbocycles. The first kappa shape index (κ1) is 18.6. The summed E-state index contributed by atoms with van der Waals surface area (Å²) in [6.07, 6.45) is 2.67. The minimum atomic E-state index is -0.714. The van der Waals surface area contributed by atoms with Gasteiger partial charge in [0, 0.05) is 17.8 Å². The number of nitrogens with one attached hydrogen (secondary N) is 1. The van der Waals surface area contributed by atoms with Crippen LogP contribution >= 0.6 is 23.2 Å². The summed E-state index contributed by atoms with van der Waals surface area (Å²) in [4.78, 5) is 14.3. The van der Waals surface area contributed by atoms with E-state index in [9.17, 15) is 4.79 Å². The van der Waals surface area contributed by atoms with Crippen LogP contribution in [-0.4, -0.2) is 47.3 Å². The number of hydrogen-bond acceptors (Lipinski definition) is 4. The van der Waals surface area contributed by atoms with Crippen LogP contribution < -0.4 is 10.1 Å². The SMILES string of the molecule is CC(Oc1ccc(Cl)cc1Cl)C(=O)Nc1cnn(CCN(C)C)c1. The monoisotopic (exact) mass is 370 g/mol. The van der Waals surface area contributed by atoms with Crippen molar-refractivity contribution in [2.45, 2.75) is 19.6 Å². The highest BCUT2D eigenvalue weighted by Crippen LogP contribution is 2.28. The number of aromatic nitrogens is 2. The summed E-state index contributed by atoms with van der Waals surface area (Å²) in [5.41, 5.74) is 0.622. The maximum absolute atomic E-state index is 12.2. The molecule has 0 saturated carbocycles. The van der Waals surface area contributed by atoms with Crippen molar-refractivity contribution in [1.29, 1.82) is 0 Å². The fraction of sp³-hybridized carbons (Fsp3) is 0.375. The highest BCUT2D eigenvalue weighted by Gasteiger charge is 2.17. The quantitative estimate of drug-likeness (QED) is 0.812. The molecule has 8 heteroatoms. The van der Waals surface area contributed by atoms with E-state index in [4.69, 9.17) is 27.9 Å². The lowest BCUT2D eigenvalue weighted by molar-refractivity contribution is -0.122. The molecule has 0 fully saturated rings. The highest BCUT2D eigenvalue weighted by molar-refractivity contribution is 6.35. The Balaban J connectivity index is 1.91. The second kappa shape index (κ2) is 8.37. The zero-order chi connectivity index (χ0) is 17.7. The van der Waals surface area contributed by atoms with Gasteiger partial charge in [0.1, 0.15) is 5.75 Å². The van der Waals surface area contributed by atoms with Crippen LogP contribution in [0.1, 0.15) is 6.92 Å². The van der Waals surface area contributed by atoms with Crippen molar-refractivity contribution in [3.8, 4) is 5.75 Å². The van der Waals surface area contributed by atoms with Gasteiger partial charge in [-0.15, -0.1) is 0 Å². The molecule has 0 radical (unpaired) electrons. The molecule has 1 aromatic heterocycles. The van der Waals surface area contributed by atoms with Crippen molar-refractivity contribution in [2.75, 3.05) is 26.0 Å². The minimum Gasteiger partial charge on any atom is -0.479 e. The first-order valence-corrected chi connectivity index (χ1v) is 8.20. The standard InChI is InChI=1S/C16H20Cl2N4O2/c1-11(24-15-5-4-12(17)8-14(15)18)16(23)20-13-9-19-22(10-13)7-6-21(2)3/h4-5,8-11H,6-7H2,1-3H3,(H,20,23). The van der Waals surface area contributed by atoms with Gasteiger partial charge < -0.3 is 15.0 Å². The number of halogens is 2. The molecule has 6 nitrogen and oxygen atoms in total. The molecule has 1 N–H and O–H groups in total. The molecule has 2 aromatic rings. The number of nitrogens with zero attached hydrogens (tertiary/aromatic N) is 3. The molecule has 1 heterocycles. The van der Waals surface area contributed by atoms with E-state index < -0.39 is 6.10 Å². The summed E-state index contributed by atoms with van der Waals surface area (Å²) in [5.74, 6) is 0.124. The van der Waals surface area contributed by atoms with E-state index in [1.54, 1.807) is 42.2 Å². The number of likely N-dealkylation sites (N-methyl/N-ethyl adjacent to an activating group) is 1. The van der Waals surface area contributed by atoms with Gasteiger partial charge in [-0.05, 0) is 39.2 Å². The Morgan fingerprint density at radius 3 is 2.83 bits per heavy atom. The number of anilines is 1. The average molecular weight is 371 g/mol. The zero-order valence-corrected chi connectivity index (χ0v) is 15.3. The summed E-state index contributed by atoms with van der Waals surface area (Å²) in [6, 6.07) is 4.85. The van der Waals surface area contributed by atoms with Crippen LogP contribution in [-0.2, 0) is 11.3 Å². The van der Waals surface area contributed by atoms with Gasteiger partial charge >= 0.3 is 0 Å². The third-order valence-corrected chi connectivity index (χ3v) is 3.77. The van der Waals surface area contributed by atoms with Crippen LogP contribution in [0, 0.1) is 0 Å². The topological polar surface area (TPSA) is 59.4 Å². The average Bonchev–Trinajstić information content (AvgIpc) is 2.95. The highest BCUT2D eigenvalue weighted by atomic mass is 35.5. The van der Waals surface area contributed by atoms with E-state index in [0.29, 0.717) is 21.5 Å². The maximum atomic E-state index is 12.2. The molecule has 0 spiro atoms. The fourth-order valence-corrected chi connectivity index (χ4v) is 2.36. The third-order valence-electron chi connectivity index (χ3n) is 3.24. The van der Waals surface area contributed by atoms with Crippen molar-refractivity contribution >= 4 is 34.8 Å². The molecule has 0 bridgehead atoms. The predicted octanol–water partition coefficient (Wildman–Crippen LogP) is 3.16. The van der Waals surface area contributed by atoms with Gasteiger partial charge in [-0.25, -0.2) is 0 Å². The zero-order valence-electron chi connectivity index (χ0n) is 13.8. The molecule has 1 amide bonds. The summed E-state index contributed by atoms with van der Waals surface area (Å²) < 4.78 is 7.36. The lowest BCUT2D eigenvalue weighted by atomic mass is 10.3. The van der Waals surface area contributed by atoms with Gasteiger partial charge in [-0.2, -0.15) is 5.10 Å². The second-order valence-corrected chi connectivity index (χ2v) is 6.46. The molecular weight excluding hydrogens is 351 g/mol. The summed E-state index contributed by atoms with van der Waals surface area (Å²) in [5, 5.41) is 7.85. The van der Waals surface area contributed by atoms with Crippen LogP contribution in [0.3, 0.4) is 0 Å². The molecule has 1 atom stereocenters. The van der Waals surface area contributed by atoms with Crippen LogP contribution in [0.2, 0.25) is 10.0 Å². The van der Waals surface area contributed by atoms with Gasteiger partial charge in [0.25, 0.3) is 5.91 Å². The van der Waals surface area contributed by atoms with E-state index in [0.717, 1.165) is 13.1 Å². The lowest BCUT2D eigenvalue weighted by Crippen LogP contribution is -2.30. The summed E-state index contributed by atoms with van der Waals surface area (Å²) in [7, 11) is 3.99. The first-order valence-electron chi connectivity index (χ1n) is 7.45. The predicted molar refractivity (Wildman–Crippen MR) is 96.0 cm³/mol. The van der Waals surface area contributed by atoms with Crippen LogP contribution in [0.25, 0.3) is 0 Å². The van der Waals surface area contributed by atoms with Crippen molar-refractivity contribution in [3.63, 3.8) is 0 Å². The Bertz CT molecular complexity index is 703. The molecule has 1 aromatic carbocycles. The molecule has 130 valence electrons. The molecular formula is C16H20Cl2N4O2. The van der Waals surface area contributed by atoms with E-state index >= 15 is 0 Å².